The number of morpholine rings is 1. The summed E-state index contributed by atoms with van der Waals surface area (Å²) in [5.41, 5.74) is -0.572. The highest BCUT2D eigenvalue weighted by atomic mass is 28.3. The number of hydrogen-bond acceptors (Lipinski definition) is 6. The Morgan fingerprint density at radius 2 is 1.55 bits per heavy atom. The summed E-state index contributed by atoms with van der Waals surface area (Å²) in [5.74, 6) is -0.796. The SMILES string of the molecule is C=CC[C@]1(C2CCN(C(=O)OCC[Si](C)(C)C)CC2)C(=O)O[C@@H](c2ccccc2)[C@@H](c2ccccc2)N1C(=O)OC(C)(C)C. The fourth-order valence-corrected chi connectivity index (χ4v) is 6.94. The van der Waals surface area contributed by atoms with E-state index in [1.165, 1.54) is 0 Å². The highest BCUT2D eigenvalue weighted by Crippen LogP contribution is 2.52. The highest BCUT2D eigenvalue weighted by Gasteiger charge is 2.62. The zero-order valence-corrected chi connectivity index (χ0v) is 28.1. The topological polar surface area (TPSA) is 85.4 Å². The van der Waals surface area contributed by atoms with Crippen molar-refractivity contribution in [2.45, 2.75) is 89.0 Å². The normalized spacial score (nSPS) is 23.1. The summed E-state index contributed by atoms with van der Waals surface area (Å²) in [6.07, 6.45) is 1.17. The van der Waals surface area contributed by atoms with E-state index >= 15 is 0 Å². The molecule has 0 saturated carbocycles. The van der Waals surface area contributed by atoms with Crippen molar-refractivity contribution < 1.29 is 28.6 Å². The summed E-state index contributed by atoms with van der Waals surface area (Å²) in [5, 5.41) is 0. The van der Waals surface area contributed by atoms with Crippen LogP contribution in [0.4, 0.5) is 9.59 Å². The number of ether oxygens (including phenoxy) is 3. The Hall–Kier alpha value is -3.59. The largest absolute Gasteiger partial charge is 0.453 e. The molecule has 0 radical (unpaired) electrons. The van der Waals surface area contributed by atoms with Crippen LogP contribution in [0.2, 0.25) is 25.7 Å². The van der Waals surface area contributed by atoms with Crippen LogP contribution in [0, 0.1) is 5.92 Å². The molecule has 238 valence electrons. The predicted octanol–water partition coefficient (Wildman–Crippen LogP) is 7.76. The van der Waals surface area contributed by atoms with Gasteiger partial charge in [0.15, 0.2) is 11.6 Å². The second kappa shape index (κ2) is 13.6. The minimum atomic E-state index is -1.39. The molecule has 0 aromatic heterocycles. The van der Waals surface area contributed by atoms with Crippen LogP contribution in [0.5, 0.6) is 0 Å². The first-order valence-electron chi connectivity index (χ1n) is 15.6. The molecule has 2 saturated heterocycles. The third kappa shape index (κ3) is 7.54. The Labute approximate surface area is 263 Å². The van der Waals surface area contributed by atoms with Crippen LogP contribution >= 0.6 is 0 Å². The van der Waals surface area contributed by atoms with Gasteiger partial charge in [0.1, 0.15) is 11.6 Å². The quantitative estimate of drug-likeness (QED) is 0.130. The van der Waals surface area contributed by atoms with E-state index in [1.807, 2.05) is 81.4 Å². The van der Waals surface area contributed by atoms with E-state index in [-0.39, 0.29) is 18.4 Å². The van der Waals surface area contributed by atoms with Gasteiger partial charge in [-0.05, 0) is 63.1 Å². The average molecular weight is 621 g/mol. The van der Waals surface area contributed by atoms with Gasteiger partial charge in [-0.1, -0.05) is 86.4 Å². The first-order valence-corrected chi connectivity index (χ1v) is 19.3. The third-order valence-electron chi connectivity index (χ3n) is 8.40. The number of amides is 2. The van der Waals surface area contributed by atoms with Crippen LogP contribution in [-0.4, -0.2) is 66.9 Å². The predicted molar refractivity (Wildman–Crippen MR) is 174 cm³/mol. The molecule has 2 fully saturated rings. The van der Waals surface area contributed by atoms with Crippen molar-refractivity contribution in [3.63, 3.8) is 0 Å². The number of hydrogen-bond donors (Lipinski definition) is 0. The molecule has 0 unspecified atom stereocenters. The number of carbonyl (C=O) groups excluding carboxylic acids is 3. The molecule has 0 spiro atoms. The van der Waals surface area contributed by atoms with E-state index in [1.54, 1.807) is 15.9 Å². The molecule has 8 nitrogen and oxygen atoms in total. The monoisotopic (exact) mass is 620 g/mol. The zero-order chi connectivity index (χ0) is 32.1. The number of nitrogens with zero attached hydrogens (tertiary/aromatic N) is 2. The lowest BCUT2D eigenvalue weighted by atomic mass is 9.71. The lowest BCUT2D eigenvalue weighted by molar-refractivity contribution is -0.196. The molecular formula is C35H48N2O6Si. The molecule has 0 aliphatic carbocycles. The van der Waals surface area contributed by atoms with Gasteiger partial charge in [-0.3, -0.25) is 4.90 Å². The van der Waals surface area contributed by atoms with Gasteiger partial charge in [0.25, 0.3) is 0 Å². The second-order valence-electron chi connectivity index (χ2n) is 14.0. The average Bonchev–Trinajstić information content (AvgIpc) is 2.97. The smallest absolute Gasteiger partial charge is 0.411 e. The molecule has 44 heavy (non-hydrogen) atoms. The van der Waals surface area contributed by atoms with Crippen molar-refractivity contribution in [2.75, 3.05) is 19.7 Å². The van der Waals surface area contributed by atoms with Gasteiger partial charge in [0.05, 0.1) is 6.61 Å². The third-order valence-corrected chi connectivity index (χ3v) is 10.1. The van der Waals surface area contributed by atoms with Crippen molar-refractivity contribution in [3.8, 4) is 0 Å². The standard InChI is InChI=1S/C35H48N2O6Si/c1-8-21-35(28-19-22-36(23-20-28)32(39)41-24-25-44(5,6)7)31(38)42-30(27-17-13-10-14-18-27)29(26-15-11-9-12-16-26)37(35)33(40)43-34(2,3)4/h8-18,28-30H,1,19-25H2,2-7H3/t29-,30+,35+/m1/s1. The maximum Gasteiger partial charge on any atom is 0.411 e. The number of esters is 1. The van der Waals surface area contributed by atoms with Crippen LogP contribution in [0.15, 0.2) is 73.3 Å². The molecule has 4 rings (SSSR count). The van der Waals surface area contributed by atoms with Gasteiger partial charge < -0.3 is 19.1 Å². The lowest BCUT2D eigenvalue weighted by Gasteiger charge is -2.55. The maximum atomic E-state index is 14.5. The van der Waals surface area contributed by atoms with Gasteiger partial charge in [-0.2, -0.15) is 0 Å². The Kier molecular flexibility index (Phi) is 10.3. The molecule has 2 aliphatic rings. The van der Waals surface area contributed by atoms with E-state index in [0.717, 1.165) is 17.2 Å². The van der Waals surface area contributed by atoms with Crippen LogP contribution in [0.3, 0.4) is 0 Å². The summed E-state index contributed by atoms with van der Waals surface area (Å²) >= 11 is 0. The second-order valence-corrected chi connectivity index (χ2v) is 19.7. The Morgan fingerprint density at radius 1 is 0.977 bits per heavy atom. The molecule has 2 heterocycles. The molecular weight excluding hydrogens is 572 g/mol. The van der Waals surface area contributed by atoms with Crippen molar-refractivity contribution in [1.82, 2.24) is 9.80 Å². The number of carbonyl (C=O) groups is 3. The summed E-state index contributed by atoms with van der Waals surface area (Å²) in [6.45, 7) is 17.4. The molecule has 2 aromatic carbocycles. The Bertz CT molecular complexity index is 1300. The van der Waals surface area contributed by atoms with Crippen LogP contribution in [0.1, 0.15) is 63.3 Å². The fraction of sp³-hybridized carbons (Fsp3) is 0.514. The number of rotatable bonds is 8. The van der Waals surface area contributed by atoms with Crippen LogP contribution in [0.25, 0.3) is 0 Å². The number of cyclic esters (lactones) is 1. The molecule has 2 aromatic rings. The minimum Gasteiger partial charge on any atom is -0.453 e. The molecule has 2 amide bonds. The van der Waals surface area contributed by atoms with Gasteiger partial charge in [0.2, 0.25) is 0 Å². The van der Waals surface area contributed by atoms with E-state index in [0.29, 0.717) is 32.5 Å². The molecule has 0 N–H and O–H groups in total. The summed E-state index contributed by atoms with van der Waals surface area (Å²) in [6, 6.07) is 19.4. The van der Waals surface area contributed by atoms with Crippen molar-refractivity contribution in [3.05, 3.63) is 84.4 Å². The van der Waals surface area contributed by atoms with Gasteiger partial charge >= 0.3 is 18.2 Å². The van der Waals surface area contributed by atoms with Crippen molar-refractivity contribution >= 4 is 26.2 Å². The first-order chi connectivity index (χ1) is 20.8. The number of piperidine rings is 1. The lowest BCUT2D eigenvalue weighted by Crippen LogP contribution is -2.68. The van der Waals surface area contributed by atoms with Gasteiger partial charge in [0, 0.05) is 21.2 Å². The van der Waals surface area contributed by atoms with Gasteiger partial charge in [-0.25, -0.2) is 14.4 Å². The van der Waals surface area contributed by atoms with E-state index in [4.69, 9.17) is 14.2 Å². The summed E-state index contributed by atoms with van der Waals surface area (Å²) in [7, 11) is -1.34. The number of likely N-dealkylation sites (tertiary alicyclic amines) is 1. The maximum absolute atomic E-state index is 14.5. The Balaban J connectivity index is 1.74. The van der Waals surface area contributed by atoms with Gasteiger partial charge in [-0.15, -0.1) is 6.58 Å². The summed E-state index contributed by atoms with van der Waals surface area (Å²) in [4.78, 5) is 45.2. The van der Waals surface area contributed by atoms with E-state index < -0.39 is 43.4 Å². The molecule has 9 heteroatoms. The highest BCUT2D eigenvalue weighted by molar-refractivity contribution is 6.76. The zero-order valence-electron chi connectivity index (χ0n) is 27.1. The molecule has 2 aliphatic heterocycles. The fourth-order valence-electron chi connectivity index (χ4n) is 6.23. The van der Waals surface area contributed by atoms with Crippen LogP contribution < -0.4 is 0 Å². The van der Waals surface area contributed by atoms with Crippen molar-refractivity contribution in [1.29, 1.82) is 0 Å². The first kappa shape index (κ1) is 33.3. The number of benzene rings is 2. The van der Waals surface area contributed by atoms with Crippen molar-refractivity contribution in [2.24, 2.45) is 5.92 Å². The van der Waals surface area contributed by atoms with E-state index in [9.17, 15) is 14.4 Å². The molecule has 0 bridgehead atoms. The Morgan fingerprint density at radius 3 is 2.07 bits per heavy atom. The van der Waals surface area contributed by atoms with E-state index in [2.05, 4.69) is 26.2 Å². The minimum absolute atomic E-state index is 0.182. The van der Waals surface area contributed by atoms with Crippen LogP contribution in [-0.2, 0) is 19.0 Å². The summed E-state index contributed by atoms with van der Waals surface area (Å²) < 4.78 is 18.1. The molecule has 3 atom stereocenters.